The Labute approximate surface area is 235 Å². The first kappa shape index (κ1) is 30.0. The van der Waals surface area contributed by atoms with Gasteiger partial charge in [0.25, 0.3) is 10.0 Å². The van der Waals surface area contributed by atoms with Gasteiger partial charge in [-0.1, -0.05) is 18.5 Å². The average Bonchev–Trinajstić information content (AvgIpc) is 3.60. The highest BCUT2D eigenvalue weighted by Gasteiger charge is 2.41. The van der Waals surface area contributed by atoms with E-state index in [2.05, 4.69) is 15.7 Å². The molecule has 1 aliphatic heterocycles. The van der Waals surface area contributed by atoms with E-state index in [0.717, 1.165) is 31.4 Å². The van der Waals surface area contributed by atoms with Gasteiger partial charge >= 0.3 is 12.2 Å². The minimum absolute atomic E-state index is 0.0410. The van der Waals surface area contributed by atoms with Gasteiger partial charge in [0.2, 0.25) is 5.91 Å². The molecule has 2 fully saturated rings. The number of sulfonamides is 1. The maximum absolute atomic E-state index is 13.9. The van der Waals surface area contributed by atoms with Gasteiger partial charge in [-0.2, -0.15) is 26.7 Å². The van der Waals surface area contributed by atoms with Crippen molar-refractivity contribution in [2.24, 2.45) is 13.0 Å². The van der Waals surface area contributed by atoms with Crippen LogP contribution in [0.2, 0.25) is 5.02 Å². The monoisotopic (exact) mass is 604 g/mol. The Kier molecular flexibility index (Phi) is 8.88. The molecule has 2 aliphatic rings. The SMILES string of the molecule is CCC(C(=O)N1CCC[C@@H](CNC(=O)NC2CC2)C1)N(c1cc(C(F)(F)F)ccc1Cl)S(=O)(=O)c1ccn(C)n1. The first-order valence-corrected chi connectivity index (χ1v) is 14.9. The van der Waals surface area contributed by atoms with E-state index in [1.165, 1.54) is 28.9 Å². The third-order valence-electron chi connectivity index (χ3n) is 6.97. The summed E-state index contributed by atoms with van der Waals surface area (Å²) >= 11 is 6.30. The molecule has 3 amide bonds. The van der Waals surface area contributed by atoms with Crippen molar-refractivity contribution >= 4 is 39.2 Å². The fourth-order valence-electron chi connectivity index (χ4n) is 4.74. The predicted octanol–water partition coefficient (Wildman–Crippen LogP) is 3.77. The number of carbonyl (C=O) groups is 2. The Hall–Kier alpha value is -3.00. The number of carbonyl (C=O) groups excluding carboxylic acids is 2. The third-order valence-corrected chi connectivity index (χ3v) is 9.01. The standard InChI is InChI=1S/C25H32ClF3N6O4S/c1-3-20(23(36)34-11-4-5-16(15-34)14-30-24(37)31-18-7-8-18)35(40(38,39)22-10-12-33(2)32-22)21-13-17(25(27,28)29)6-9-19(21)26/h6,9-10,12-13,16,18,20H,3-5,7-8,11,14-15H2,1-2H3,(H2,30,31,37)/t16-,20?/m0/s1. The first-order chi connectivity index (χ1) is 18.8. The van der Waals surface area contributed by atoms with Crippen molar-refractivity contribution in [1.82, 2.24) is 25.3 Å². The Morgan fingerprint density at radius 2 is 1.95 bits per heavy atom. The van der Waals surface area contributed by atoms with Crippen LogP contribution in [-0.4, -0.2) is 66.8 Å². The lowest BCUT2D eigenvalue weighted by Crippen LogP contribution is -2.54. The van der Waals surface area contributed by atoms with Crippen LogP contribution in [-0.2, 0) is 28.0 Å². The maximum atomic E-state index is 13.9. The number of hydrogen-bond acceptors (Lipinski definition) is 5. The molecule has 1 saturated heterocycles. The van der Waals surface area contributed by atoms with Crippen LogP contribution in [0.15, 0.2) is 35.5 Å². The number of anilines is 1. The molecule has 1 saturated carbocycles. The zero-order valence-electron chi connectivity index (χ0n) is 22.1. The topological polar surface area (TPSA) is 117 Å². The lowest BCUT2D eigenvalue weighted by Gasteiger charge is -2.38. The summed E-state index contributed by atoms with van der Waals surface area (Å²) in [5, 5.41) is 8.91. The van der Waals surface area contributed by atoms with Crippen LogP contribution in [0, 0.1) is 5.92 Å². The lowest BCUT2D eigenvalue weighted by atomic mass is 9.97. The number of nitrogens with one attached hydrogen (secondary N) is 2. The molecule has 0 bridgehead atoms. The number of halogens is 4. The fraction of sp³-hybridized carbons (Fsp3) is 0.560. The highest BCUT2D eigenvalue weighted by atomic mass is 35.5. The average molecular weight is 605 g/mol. The van der Waals surface area contributed by atoms with Gasteiger partial charge in [-0.15, -0.1) is 0 Å². The molecule has 2 aromatic rings. The number of nitrogens with zero attached hydrogens (tertiary/aromatic N) is 4. The smallest absolute Gasteiger partial charge is 0.341 e. The summed E-state index contributed by atoms with van der Waals surface area (Å²) in [5.74, 6) is -0.638. The number of piperidine rings is 1. The van der Waals surface area contributed by atoms with E-state index in [1.54, 1.807) is 6.92 Å². The third kappa shape index (κ3) is 6.82. The molecule has 40 heavy (non-hydrogen) atoms. The summed E-state index contributed by atoms with van der Waals surface area (Å²) in [6.07, 6.45) is -0.166. The molecular weight excluding hydrogens is 573 g/mol. The molecule has 2 N–H and O–H groups in total. The summed E-state index contributed by atoms with van der Waals surface area (Å²) in [4.78, 5) is 27.4. The van der Waals surface area contributed by atoms with Crippen LogP contribution in [0.1, 0.15) is 44.6 Å². The zero-order valence-corrected chi connectivity index (χ0v) is 23.7. The van der Waals surface area contributed by atoms with Crippen LogP contribution in [0.25, 0.3) is 0 Å². The van der Waals surface area contributed by atoms with Crippen molar-refractivity contribution < 1.29 is 31.2 Å². The van der Waals surface area contributed by atoms with Gasteiger partial charge < -0.3 is 15.5 Å². The minimum Gasteiger partial charge on any atom is -0.341 e. The first-order valence-electron chi connectivity index (χ1n) is 13.0. The van der Waals surface area contributed by atoms with Crippen LogP contribution < -0.4 is 14.9 Å². The molecular formula is C25H32ClF3N6O4S. The van der Waals surface area contributed by atoms with Gasteiger partial charge in [0, 0.05) is 38.9 Å². The molecule has 1 aromatic heterocycles. The zero-order chi connectivity index (χ0) is 29.2. The second-order valence-corrected chi connectivity index (χ2v) is 12.3. The number of aryl methyl sites for hydroxylation is 1. The molecule has 0 spiro atoms. The number of alkyl halides is 3. The Morgan fingerprint density at radius 1 is 1.23 bits per heavy atom. The fourth-order valence-corrected chi connectivity index (χ4v) is 6.65. The van der Waals surface area contributed by atoms with Crippen molar-refractivity contribution in [2.75, 3.05) is 23.9 Å². The summed E-state index contributed by atoms with van der Waals surface area (Å²) in [5.41, 5.74) is -1.57. The number of aromatic nitrogens is 2. The van der Waals surface area contributed by atoms with Crippen molar-refractivity contribution in [3.63, 3.8) is 0 Å². The molecule has 10 nitrogen and oxygen atoms in total. The normalized spacial score (nSPS) is 18.8. The largest absolute Gasteiger partial charge is 0.416 e. The molecule has 1 aliphatic carbocycles. The van der Waals surface area contributed by atoms with Gasteiger partial charge in [-0.25, -0.2) is 4.79 Å². The number of benzene rings is 1. The lowest BCUT2D eigenvalue weighted by molar-refractivity contribution is -0.137. The molecule has 1 aromatic carbocycles. The van der Waals surface area contributed by atoms with E-state index in [4.69, 9.17) is 11.6 Å². The maximum Gasteiger partial charge on any atom is 0.416 e. The summed E-state index contributed by atoms with van der Waals surface area (Å²) in [6.45, 7) is 2.51. The number of amides is 3. The summed E-state index contributed by atoms with van der Waals surface area (Å²) < 4.78 is 70.5. The molecule has 2 heterocycles. The van der Waals surface area contributed by atoms with Crippen LogP contribution in [0.4, 0.5) is 23.7 Å². The molecule has 1 unspecified atom stereocenters. The van der Waals surface area contributed by atoms with Crippen LogP contribution in [0.5, 0.6) is 0 Å². The van der Waals surface area contributed by atoms with E-state index < -0.39 is 44.4 Å². The van der Waals surface area contributed by atoms with Gasteiger partial charge in [0.15, 0.2) is 5.03 Å². The van der Waals surface area contributed by atoms with E-state index in [1.807, 2.05) is 0 Å². The molecule has 220 valence electrons. The van der Waals surface area contributed by atoms with Gasteiger partial charge in [0.05, 0.1) is 16.3 Å². The van der Waals surface area contributed by atoms with E-state index in [0.29, 0.717) is 29.9 Å². The van der Waals surface area contributed by atoms with Gasteiger partial charge in [-0.3, -0.25) is 13.8 Å². The van der Waals surface area contributed by atoms with Crippen molar-refractivity contribution in [1.29, 1.82) is 0 Å². The second-order valence-electron chi connectivity index (χ2n) is 10.1. The number of likely N-dealkylation sites (tertiary alicyclic amines) is 1. The van der Waals surface area contributed by atoms with Crippen molar-refractivity contribution in [2.45, 2.75) is 62.3 Å². The molecule has 4 rings (SSSR count). The van der Waals surface area contributed by atoms with Crippen LogP contribution >= 0.6 is 11.6 Å². The van der Waals surface area contributed by atoms with Crippen molar-refractivity contribution in [3.05, 3.63) is 41.0 Å². The van der Waals surface area contributed by atoms with Gasteiger partial charge in [-0.05, 0) is 62.3 Å². The number of urea groups is 1. The Balaban J connectivity index is 1.65. The molecule has 0 radical (unpaired) electrons. The molecule has 2 atom stereocenters. The second kappa shape index (κ2) is 11.9. The number of rotatable bonds is 9. The van der Waals surface area contributed by atoms with Gasteiger partial charge in [0.1, 0.15) is 6.04 Å². The van der Waals surface area contributed by atoms with Crippen molar-refractivity contribution in [3.8, 4) is 0 Å². The highest BCUT2D eigenvalue weighted by molar-refractivity contribution is 7.92. The summed E-state index contributed by atoms with van der Waals surface area (Å²) in [7, 11) is -3.12. The number of hydrogen-bond donors (Lipinski definition) is 2. The molecule has 15 heteroatoms. The van der Waals surface area contributed by atoms with E-state index in [9.17, 15) is 31.2 Å². The Bertz CT molecular complexity index is 1350. The quantitative estimate of drug-likeness (QED) is 0.452. The Morgan fingerprint density at radius 3 is 2.55 bits per heavy atom. The summed E-state index contributed by atoms with van der Waals surface area (Å²) in [6, 6.07) is 2.09. The predicted molar refractivity (Wildman–Crippen MR) is 142 cm³/mol. The van der Waals surface area contributed by atoms with E-state index in [-0.39, 0.29) is 36.0 Å². The van der Waals surface area contributed by atoms with E-state index >= 15 is 0 Å². The van der Waals surface area contributed by atoms with Crippen LogP contribution in [0.3, 0.4) is 0 Å². The minimum atomic E-state index is -4.77. The highest BCUT2D eigenvalue weighted by Crippen LogP contribution is 2.39.